The number of hydrogen-bond donors (Lipinski definition) is 1. The van der Waals surface area contributed by atoms with Gasteiger partial charge < -0.3 is 23.9 Å². The van der Waals surface area contributed by atoms with Gasteiger partial charge in [-0.2, -0.15) is 0 Å². The Morgan fingerprint density at radius 1 is 1.03 bits per heavy atom. The molecule has 0 bridgehead atoms. The molecule has 156 valence electrons. The molecular formula is C23H24BrN3O3. The summed E-state index contributed by atoms with van der Waals surface area (Å²) in [5.41, 5.74) is 2.20. The normalized spacial score (nSPS) is 11.3. The highest BCUT2D eigenvalue weighted by atomic mass is 79.9. The number of carbonyl (C=O) groups excluding carboxylic acids is 1. The Labute approximate surface area is 183 Å². The van der Waals surface area contributed by atoms with Crippen LogP contribution in [0.25, 0.3) is 21.8 Å². The number of rotatable bonds is 9. The Balaban J connectivity index is 1.31. The van der Waals surface area contributed by atoms with Crippen LogP contribution in [0.2, 0.25) is 0 Å². The fraction of sp³-hybridized carbons (Fsp3) is 0.261. The van der Waals surface area contributed by atoms with E-state index in [1.165, 1.54) is 5.39 Å². The van der Waals surface area contributed by atoms with Crippen LogP contribution < -0.4 is 10.1 Å². The summed E-state index contributed by atoms with van der Waals surface area (Å²) in [6.45, 7) is 2.64. The van der Waals surface area contributed by atoms with Crippen LogP contribution >= 0.6 is 15.9 Å². The lowest BCUT2D eigenvalue weighted by Gasteiger charge is -2.10. The molecule has 0 aliphatic heterocycles. The lowest BCUT2D eigenvalue weighted by atomic mass is 10.2. The number of halogens is 1. The second kappa shape index (κ2) is 9.36. The topological polar surface area (TPSA) is 57.4 Å². The van der Waals surface area contributed by atoms with Crippen molar-refractivity contribution in [1.82, 2.24) is 14.5 Å². The second-order valence-corrected chi connectivity index (χ2v) is 7.96. The summed E-state index contributed by atoms with van der Waals surface area (Å²) in [7, 11) is 1.69. The number of ether oxygens (including phenoxy) is 2. The van der Waals surface area contributed by atoms with Crippen LogP contribution in [0.3, 0.4) is 0 Å². The van der Waals surface area contributed by atoms with Crippen molar-refractivity contribution in [2.75, 3.05) is 26.9 Å². The average molecular weight is 470 g/mol. The quantitative estimate of drug-likeness (QED) is 0.399. The van der Waals surface area contributed by atoms with Crippen LogP contribution in [0.4, 0.5) is 0 Å². The second-order valence-electron chi connectivity index (χ2n) is 7.04. The molecule has 0 atom stereocenters. The molecule has 6 nitrogen and oxygen atoms in total. The number of nitrogens with one attached hydrogen (secondary N) is 1. The number of methoxy groups -OCH3 is 1. The molecule has 30 heavy (non-hydrogen) atoms. The summed E-state index contributed by atoms with van der Waals surface area (Å²) >= 11 is 3.51. The standard InChI is InChI=1S/C23H24BrN3O3/c1-29-14-13-27-11-8-19-20(27)3-2-4-22(19)30-16-23(28)25-9-12-26-10-7-17-5-6-18(24)15-21(17)26/h2-8,10-11,15H,9,12-14,16H2,1H3,(H,25,28). The minimum atomic E-state index is -0.136. The molecular weight excluding hydrogens is 446 g/mol. The zero-order valence-electron chi connectivity index (χ0n) is 16.8. The first-order valence-corrected chi connectivity index (χ1v) is 10.7. The average Bonchev–Trinajstić information content (AvgIpc) is 3.35. The Kier molecular flexibility index (Phi) is 6.40. The van der Waals surface area contributed by atoms with E-state index >= 15 is 0 Å². The Morgan fingerprint density at radius 3 is 2.73 bits per heavy atom. The zero-order chi connectivity index (χ0) is 20.9. The van der Waals surface area contributed by atoms with E-state index in [9.17, 15) is 4.79 Å². The molecule has 1 amide bonds. The molecule has 0 spiro atoms. The monoisotopic (exact) mass is 469 g/mol. The van der Waals surface area contributed by atoms with Crippen LogP contribution in [0.5, 0.6) is 5.75 Å². The van der Waals surface area contributed by atoms with Crippen molar-refractivity contribution >= 4 is 43.6 Å². The van der Waals surface area contributed by atoms with Gasteiger partial charge in [-0.05, 0) is 41.8 Å². The maximum atomic E-state index is 12.3. The van der Waals surface area contributed by atoms with Gasteiger partial charge in [-0.1, -0.05) is 28.1 Å². The van der Waals surface area contributed by atoms with Crippen LogP contribution in [0.1, 0.15) is 0 Å². The molecule has 1 N–H and O–H groups in total. The summed E-state index contributed by atoms with van der Waals surface area (Å²) in [5.74, 6) is 0.573. The van der Waals surface area contributed by atoms with E-state index in [4.69, 9.17) is 9.47 Å². The highest BCUT2D eigenvalue weighted by molar-refractivity contribution is 9.10. The molecule has 4 aromatic rings. The van der Waals surface area contributed by atoms with Crippen LogP contribution in [0, 0.1) is 0 Å². The third-order valence-electron chi connectivity index (χ3n) is 5.08. The van der Waals surface area contributed by atoms with Gasteiger partial charge in [0.25, 0.3) is 5.91 Å². The molecule has 0 saturated heterocycles. The van der Waals surface area contributed by atoms with E-state index < -0.39 is 0 Å². The van der Waals surface area contributed by atoms with Gasteiger partial charge in [-0.3, -0.25) is 4.79 Å². The lowest BCUT2D eigenvalue weighted by molar-refractivity contribution is -0.123. The molecule has 0 aliphatic rings. The van der Waals surface area contributed by atoms with Crippen molar-refractivity contribution in [2.24, 2.45) is 0 Å². The molecule has 0 radical (unpaired) electrons. The molecule has 0 fully saturated rings. The minimum absolute atomic E-state index is 0.0136. The van der Waals surface area contributed by atoms with Crippen molar-refractivity contribution in [1.29, 1.82) is 0 Å². The third-order valence-corrected chi connectivity index (χ3v) is 5.57. The van der Waals surface area contributed by atoms with Crippen molar-refractivity contribution in [3.05, 3.63) is 65.4 Å². The van der Waals surface area contributed by atoms with E-state index in [2.05, 4.69) is 48.6 Å². The van der Waals surface area contributed by atoms with Gasteiger partial charge in [0.05, 0.1) is 12.1 Å². The fourth-order valence-electron chi connectivity index (χ4n) is 3.57. The molecule has 0 unspecified atom stereocenters. The summed E-state index contributed by atoms with van der Waals surface area (Å²) < 4.78 is 16.2. The molecule has 4 rings (SSSR count). The van der Waals surface area contributed by atoms with Crippen molar-refractivity contribution < 1.29 is 14.3 Å². The maximum absolute atomic E-state index is 12.3. The van der Waals surface area contributed by atoms with E-state index in [1.807, 2.05) is 42.7 Å². The SMILES string of the molecule is COCCn1ccc2c(OCC(=O)NCCn3ccc4ccc(Br)cc43)cccc21. The van der Waals surface area contributed by atoms with Gasteiger partial charge in [-0.25, -0.2) is 0 Å². The lowest BCUT2D eigenvalue weighted by Crippen LogP contribution is -2.31. The number of nitrogens with zero attached hydrogens (tertiary/aromatic N) is 2. The Bertz CT molecular complexity index is 1170. The molecule has 0 aliphatic carbocycles. The number of fused-ring (bicyclic) bond motifs is 2. The summed E-state index contributed by atoms with van der Waals surface area (Å²) in [5, 5.41) is 5.10. The van der Waals surface area contributed by atoms with E-state index in [0.717, 1.165) is 27.4 Å². The summed E-state index contributed by atoms with van der Waals surface area (Å²) in [6.07, 6.45) is 4.05. The largest absolute Gasteiger partial charge is 0.483 e. The van der Waals surface area contributed by atoms with E-state index in [0.29, 0.717) is 25.4 Å². The smallest absolute Gasteiger partial charge is 0.258 e. The van der Waals surface area contributed by atoms with Crippen molar-refractivity contribution in [2.45, 2.75) is 13.1 Å². The minimum Gasteiger partial charge on any atom is -0.483 e. The number of aromatic nitrogens is 2. The first kappa shape index (κ1) is 20.5. The highest BCUT2D eigenvalue weighted by Crippen LogP contribution is 2.26. The first-order chi connectivity index (χ1) is 14.7. The van der Waals surface area contributed by atoms with E-state index in [1.54, 1.807) is 7.11 Å². The van der Waals surface area contributed by atoms with Crippen molar-refractivity contribution in [3.63, 3.8) is 0 Å². The third kappa shape index (κ3) is 4.52. The van der Waals surface area contributed by atoms with Crippen molar-refractivity contribution in [3.8, 4) is 5.75 Å². The summed E-state index contributed by atoms with van der Waals surface area (Å²) in [6, 6.07) is 16.1. The Hall–Kier alpha value is -2.77. The van der Waals surface area contributed by atoms with Gasteiger partial charge >= 0.3 is 0 Å². The van der Waals surface area contributed by atoms with Gasteiger partial charge in [0.1, 0.15) is 5.75 Å². The number of amides is 1. The molecule has 7 heteroatoms. The molecule has 2 heterocycles. The van der Waals surface area contributed by atoms with Gasteiger partial charge in [0.2, 0.25) is 0 Å². The predicted octanol–water partition coefficient (Wildman–Crippen LogP) is 4.20. The first-order valence-electron chi connectivity index (χ1n) is 9.86. The van der Waals surface area contributed by atoms with Gasteiger partial charge in [0.15, 0.2) is 6.61 Å². The molecule has 2 aromatic carbocycles. The molecule has 0 saturated carbocycles. The van der Waals surface area contributed by atoms with Crippen LogP contribution in [0.15, 0.2) is 65.4 Å². The van der Waals surface area contributed by atoms with Crippen LogP contribution in [-0.2, 0) is 22.6 Å². The van der Waals surface area contributed by atoms with Crippen LogP contribution in [-0.4, -0.2) is 41.9 Å². The predicted molar refractivity (Wildman–Crippen MR) is 122 cm³/mol. The van der Waals surface area contributed by atoms with Gasteiger partial charge in [-0.15, -0.1) is 0 Å². The number of carbonyl (C=O) groups is 1. The molecule has 2 aromatic heterocycles. The summed E-state index contributed by atoms with van der Waals surface area (Å²) in [4.78, 5) is 12.3. The van der Waals surface area contributed by atoms with E-state index in [-0.39, 0.29) is 12.5 Å². The fourth-order valence-corrected chi connectivity index (χ4v) is 3.92. The number of hydrogen-bond acceptors (Lipinski definition) is 3. The maximum Gasteiger partial charge on any atom is 0.258 e. The highest BCUT2D eigenvalue weighted by Gasteiger charge is 2.09. The zero-order valence-corrected chi connectivity index (χ0v) is 18.4. The number of benzene rings is 2. The van der Waals surface area contributed by atoms with Gasteiger partial charge in [0, 0.05) is 54.5 Å². The Morgan fingerprint density at radius 2 is 1.87 bits per heavy atom.